The molecular formula is C19H20N3O+. The van der Waals surface area contributed by atoms with Crippen molar-refractivity contribution < 1.29 is 8.98 Å². The van der Waals surface area contributed by atoms with Gasteiger partial charge in [-0.3, -0.25) is 0 Å². The minimum absolute atomic E-state index is 0.345. The van der Waals surface area contributed by atoms with Gasteiger partial charge >= 0.3 is 0 Å². The van der Waals surface area contributed by atoms with Crippen molar-refractivity contribution >= 4 is 22.1 Å². The second kappa shape index (κ2) is 4.95. The molecule has 4 aromatic rings. The molecule has 0 bridgehead atoms. The highest BCUT2D eigenvalue weighted by Gasteiger charge is 2.29. The summed E-state index contributed by atoms with van der Waals surface area (Å²) in [5, 5.41) is 0. The van der Waals surface area contributed by atoms with Crippen LogP contribution in [0.15, 0.2) is 47.2 Å². The number of fused-ring (bicyclic) bond motifs is 2. The van der Waals surface area contributed by atoms with Crippen LogP contribution in [0.5, 0.6) is 0 Å². The first-order valence-corrected chi connectivity index (χ1v) is 7.91. The van der Waals surface area contributed by atoms with Gasteiger partial charge in [-0.15, -0.1) is 0 Å². The Morgan fingerprint density at radius 2 is 1.91 bits per heavy atom. The lowest BCUT2D eigenvalue weighted by molar-refractivity contribution is -0.634. The molecule has 2 heterocycles. The molecule has 0 aliphatic heterocycles. The smallest absolute Gasteiger partial charge is 0.292 e. The van der Waals surface area contributed by atoms with E-state index in [2.05, 4.69) is 72.3 Å². The van der Waals surface area contributed by atoms with Crippen LogP contribution in [0.2, 0.25) is 0 Å². The average Bonchev–Trinajstić information content (AvgIpc) is 3.11. The molecule has 0 unspecified atom stereocenters. The van der Waals surface area contributed by atoms with Crippen molar-refractivity contribution in [3.05, 3.63) is 48.4 Å². The number of rotatable bonds is 2. The number of imidazole rings is 1. The van der Waals surface area contributed by atoms with Gasteiger partial charge in [0.25, 0.3) is 5.82 Å². The van der Waals surface area contributed by atoms with E-state index in [0.717, 1.165) is 16.7 Å². The van der Waals surface area contributed by atoms with Gasteiger partial charge in [0, 0.05) is 0 Å². The fourth-order valence-corrected chi connectivity index (χ4v) is 3.47. The standard InChI is InChI=1S/C19H20N3O/c1-12(2)22-15-8-6-5-7-14(15)21(4)19(22)17-13(3)9-10-16-18(17)20-11-23-16/h5-12H,1-4H3/q+1. The maximum Gasteiger partial charge on any atom is 0.292 e. The van der Waals surface area contributed by atoms with E-state index in [4.69, 9.17) is 4.42 Å². The fourth-order valence-electron chi connectivity index (χ4n) is 3.47. The molecule has 23 heavy (non-hydrogen) atoms. The molecule has 0 N–H and O–H groups in total. The average molecular weight is 306 g/mol. The minimum Gasteiger partial charge on any atom is -0.443 e. The highest BCUT2D eigenvalue weighted by atomic mass is 16.3. The summed E-state index contributed by atoms with van der Waals surface area (Å²) in [5.74, 6) is 1.17. The van der Waals surface area contributed by atoms with E-state index in [-0.39, 0.29) is 0 Å². The zero-order chi connectivity index (χ0) is 16.1. The van der Waals surface area contributed by atoms with Crippen molar-refractivity contribution in [1.29, 1.82) is 0 Å². The van der Waals surface area contributed by atoms with Crippen LogP contribution in [0.25, 0.3) is 33.5 Å². The van der Waals surface area contributed by atoms with Crippen LogP contribution in [-0.2, 0) is 7.05 Å². The second-order valence-electron chi connectivity index (χ2n) is 6.29. The zero-order valence-corrected chi connectivity index (χ0v) is 13.9. The van der Waals surface area contributed by atoms with Crippen LogP contribution in [0, 0.1) is 6.92 Å². The first kappa shape index (κ1) is 14.0. The second-order valence-corrected chi connectivity index (χ2v) is 6.29. The highest BCUT2D eigenvalue weighted by Crippen LogP contribution is 2.33. The molecule has 0 spiro atoms. The normalized spacial score (nSPS) is 11.9. The van der Waals surface area contributed by atoms with Crippen LogP contribution in [0.3, 0.4) is 0 Å². The molecule has 0 saturated carbocycles. The highest BCUT2D eigenvalue weighted by molar-refractivity contribution is 5.91. The Bertz CT molecular complexity index is 1020. The Labute approximate surface area is 135 Å². The van der Waals surface area contributed by atoms with Crippen LogP contribution < -0.4 is 4.57 Å². The van der Waals surface area contributed by atoms with Gasteiger partial charge in [0.2, 0.25) is 0 Å². The molecule has 0 saturated heterocycles. The van der Waals surface area contributed by atoms with Gasteiger partial charge in [0.1, 0.15) is 5.52 Å². The van der Waals surface area contributed by atoms with Crippen molar-refractivity contribution in [1.82, 2.24) is 9.55 Å². The van der Waals surface area contributed by atoms with E-state index in [1.165, 1.54) is 28.8 Å². The van der Waals surface area contributed by atoms with Gasteiger partial charge in [0.15, 0.2) is 23.0 Å². The number of oxazole rings is 1. The Hall–Kier alpha value is -2.62. The summed E-state index contributed by atoms with van der Waals surface area (Å²) in [7, 11) is 2.12. The summed E-state index contributed by atoms with van der Waals surface area (Å²) in [6, 6.07) is 13.0. The first-order chi connectivity index (χ1) is 11.1. The van der Waals surface area contributed by atoms with E-state index in [1.807, 2.05) is 6.07 Å². The molecular weight excluding hydrogens is 286 g/mol. The predicted molar refractivity (Wildman–Crippen MR) is 91.2 cm³/mol. The van der Waals surface area contributed by atoms with Gasteiger partial charge in [-0.1, -0.05) is 18.2 Å². The maximum atomic E-state index is 5.52. The minimum atomic E-state index is 0.345. The predicted octanol–water partition coefficient (Wildman–Crippen LogP) is 4.16. The van der Waals surface area contributed by atoms with Crippen LogP contribution in [-0.4, -0.2) is 9.55 Å². The molecule has 0 aliphatic rings. The Balaban J connectivity index is 2.21. The summed E-state index contributed by atoms with van der Waals surface area (Å²) < 4.78 is 10.2. The lowest BCUT2D eigenvalue weighted by atomic mass is 10.1. The molecule has 4 rings (SSSR count). The molecule has 0 amide bonds. The fraction of sp³-hybridized carbons (Fsp3) is 0.263. The number of aromatic nitrogens is 3. The quantitative estimate of drug-likeness (QED) is 0.521. The lowest BCUT2D eigenvalue weighted by Crippen LogP contribution is -2.31. The number of para-hydroxylation sites is 2. The largest absolute Gasteiger partial charge is 0.443 e. The summed E-state index contributed by atoms with van der Waals surface area (Å²) in [6.07, 6.45) is 1.52. The lowest BCUT2D eigenvalue weighted by Gasteiger charge is -2.09. The van der Waals surface area contributed by atoms with Crippen molar-refractivity contribution in [2.24, 2.45) is 7.05 Å². The number of nitrogens with zero attached hydrogens (tertiary/aromatic N) is 3. The summed E-state index contributed by atoms with van der Waals surface area (Å²) in [5.41, 5.74) is 6.54. The van der Waals surface area contributed by atoms with E-state index in [9.17, 15) is 0 Å². The SMILES string of the molecule is Cc1ccc2ocnc2c1-c1n(C(C)C)c2ccccc2[n+]1C. The number of benzene rings is 2. The molecule has 2 aromatic heterocycles. The van der Waals surface area contributed by atoms with Crippen molar-refractivity contribution in [2.75, 3.05) is 0 Å². The first-order valence-electron chi connectivity index (χ1n) is 7.91. The van der Waals surface area contributed by atoms with E-state index < -0.39 is 0 Å². The van der Waals surface area contributed by atoms with Gasteiger partial charge in [-0.25, -0.2) is 14.1 Å². The molecule has 0 aliphatic carbocycles. The van der Waals surface area contributed by atoms with Crippen LogP contribution in [0.4, 0.5) is 0 Å². The van der Waals surface area contributed by atoms with E-state index >= 15 is 0 Å². The van der Waals surface area contributed by atoms with Crippen LogP contribution in [0.1, 0.15) is 25.5 Å². The monoisotopic (exact) mass is 306 g/mol. The summed E-state index contributed by atoms with van der Waals surface area (Å²) in [6.45, 7) is 6.56. The van der Waals surface area contributed by atoms with Gasteiger partial charge in [-0.05, 0) is 44.5 Å². The maximum absolute atomic E-state index is 5.52. The molecule has 0 fully saturated rings. The third-order valence-corrected chi connectivity index (χ3v) is 4.50. The number of hydrogen-bond donors (Lipinski definition) is 0. The molecule has 4 heteroatoms. The molecule has 0 radical (unpaired) electrons. The summed E-state index contributed by atoms with van der Waals surface area (Å²) >= 11 is 0. The number of aryl methyl sites for hydroxylation is 2. The van der Waals surface area contributed by atoms with Crippen molar-refractivity contribution in [3.8, 4) is 11.4 Å². The molecule has 0 atom stereocenters. The Kier molecular flexibility index (Phi) is 3.01. The van der Waals surface area contributed by atoms with Crippen molar-refractivity contribution in [3.63, 3.8) is 0 Å². The van der Waals surface area contributed by atoms with Crippen LogP contribution >= 0.6 is 0 Å². The third kappa shape index (κ3) is 1.91. The third-order valence-electron chi connectivity index (χ3n) is 4.50. The topological polar surface area (TPSA) is 34.8 Å². The summed E-state index contributed by atoms with van der Waals surface area (Å²) in [4.78, 5) is 4.47. The van der Waals surface area contributed by atoms with Gasteiger partial charge in [-0.2, -0.15) is 0 Å². The van der Waals surface area contributed by atoms with E-state index in [0.29, 0.717) is 6.04 Å². The Morgan fingerprint density at radius 3 is 2.70 bits per heavy atom. The van der Waals surface area contributed by atoms with Gasteiger partial charge < -0.3 is 4.42 Å². The molecule has 116 valence electrons. The van der Waals surface area contributed by atoms with E-state index in [1.54, 1.807) is 0 Å². The Morgan fingerprint density at radius 1 is 1.13 bits per heavy atom. The number of hydrogen-bond acceptors (Lipinski definition) is 2. The van der Waals surface area contributed by atoms with Gasteiger partial charge in [0.05, 0.1) is 18.7 Å². The van der Waals surface area contributed by atoms with Crippen molar-refractivity contribution in [2.45, 2.75) is 26.8 Å². The molecule has 2 aromatic carbocycles. The zero-order valence-electron chi connectivity index (χ0n) is 13.9. The molecule has 4 nitrogen and oxygen atoms in total.